The number of carboxylic acids is 1. The molecule has 0 saturated heterocycles. The smallest absolute Gasteiger partial charge is 0.339 e. The van der Waals surface area contributed by atoms with Crippen molar-refractivity contribution >= 4 is 23.3 Å². The number of carbonyl (C=O) groups is 2. The van der Waals surface area contributed by atoms with Gasteiger partial charge in [-0.05, 0) is 43.4 Å². The van der Waals surface area contributed by atoms with Gasteiger partial charge in [0.1, 0.15) is 0 Å². The Morgan fingerprint density at radius 3 is 2.45 bits per heavy atom. The quantitative estimate of drug-likeness (QED) is 0.206. The molecule has 8 nitrogen and oxygen atoms in total. The van der Waals surface area contributed by atoms with E-state index in [0.717, 1.165) is 22.8 Å². The van der Waals surface area contributed by atoms with Crippen LogP contribution >= 0.6 is 11.3 Å². The molecule has 0 fully saturated rings. The van der Waals surface area contributed by atoms with Crippen LogP contribution in [-0.4, -0.2) is 52.3 Å². The number of aliphatic hydroxyl groups is 2. The van der Waals surface area contributed by atoms with Crippen LogP contribution in [0.25, 0.3) is 0 Å². The van der Waals surface area contributed by atoms with Crippen LogP contribution < -0.4 is 10.5 Å². The molecule has 170 valence electrons. The number of aryl methyl sites for hydroxylation is 2. The average Bonchev–Trinajstić information content (AvgIpc) is 3.22. The summed E-state index contributed by atoms with van der Waals surface area (Å²) in [5.41, 5.74) is 7.11. The van der Waals surface area contributed by atoms with Gasteiger partial charge in [-0.3, -0.25) is 5.73 Å². The van der Waals surface area contributed by atoms with E-state index in [1.54, 1.807) is 18.3 Å². The predicted octanol–water partition coefficient (Wildman–Crippen LogP) is 1.96. The molecule has 1 aromatic carbocycles. The molecule has 0 aliphatic heterocycles. The third-order valence-electron chi connectivity index (χ3n) is 4.79. The summed E-state index contributed by atoms with van der Waals surface area (Å²) >= 11 is 1.55. The van der Waals surface area contributed by atoms with Crippen molar-refractivity contribution in [3.05, 3.63) is 52.9 Å². The molecule has 0 bridgehead atoms. The van der Waals surface area contributed by atoms with E-state index >= 15 is 0 Å². The van der Waals surface area contributed by atoms with E-state index in [2.05, 4.69) is 12.1 Å². The maximum atomic E-state index is 11.7. The van der Waals surface area contributed by atoms with Crippen LogP contribution in [0.4, 0.5) is 0 Å². The van der Waals surface area contributed by atoms with Crippen molar-refractivity contribution in [3.63, 3.8) is 0 Å². The number of esters is 1. The summed E-state index contributed by atoms with van der Waals surface area (Å²) in [5.74, 6) is -3.23. The van der Waals surface area contributed by atoms with Crippen molar-refractivity contribution in [2.75, 3.05) is 6.61 Å². The van der Waals surface area contributed by atoms with Crippen molar-refractivity contribution in [3.8, 4) is 5.06 Å². The summed E-state index contributed by atoms with van der Waals surface area (Å²) in [7, 11) is 0. The van der Waals surface area contributed by atoms with E-state index in [9.17, 15) is 19.8 Å². The largest absolute Gasteiger partial charge is 0.484 e. The number of thiophene rings is 1. The van der Waals surface area contributed by atoms with Gasteiger partial charge in [-0.2, -0.15) is 0 Å². The third-order valence-corrected chi connectivity index (χ3v) is 5.84. The molecule has 9 heteroatoms. The molecule has 1 heterocycles. The molecule has 0 aliphatic rings. The number of nitrogens with two attached hydrogens (primary N) is 1. The monoisotopic (exact) mass is 451 g/mol. The molecular weight excluding hydrogens is 422 g/mol. The highest BCUT2D eigenvalue weighted by atomic mass is 32.1. The summed E-state index contributed by atoms with van der Waals surface area (Å²) in [5, 5.41) is 28.1. The van der Waals surface area contributed by atoms with Gasteiger partial charge in [0.15, 0.2) is 23.5 Å². The molecule has 5 N–H and O–H groups in total. The summed E-state index contributed by atoms with van der Waals surface area (Å²) < 4.78 is 10.7. The lowest BCUT2D eigenvalue weighted by molar-refractivity contribution is -0.175. The van der Waals surface area contributed by atoms with Crippen molar-refractivity contribution in [1.82, 2.24) is 0 Å². The molecule has 0 amide bonds. The summed E-state index contributed by atoms with van der Waals surface area (Å²) in [6.45, 7) is 2.42. The molecule has 31 heavy (non-hydrogen) atoms. The number of aliphatic hydroxyl groups excluding tert-OH is 2. The van der Waals surface area contributed by atoms with Crippen LogP contribution in [0.5, 0.6) is 5.06 Å². The first-order valence-electron chi connectivity index (χ1n) is 10.1. The second-order valence-corrected chi connectivity index (χ2v) is 8.43. The topological polar surface area (TPSA) is 139 Å². The maximum absolute atomic E-state index is 11.7. The number of hydrogen-bond donors (Lipinski definition) is 4. The van der Waals surface area contributed by atoms with E-state index in [1.807, 2.05) is 30.3 Å². The fraction of sp³-hybridized carbons (Fsp3) is 0.455. The zero-order chi connectivity index (χ0) is 22.8. The molecule has 0 saturated carbocycles. The van der Waals surface area contributed by atoms with Gasteiger partial charge in [0.25, 0.3) is 0 Å². The summed E-state index contributed by atoms with van der Waals surface area (Å²) in [6.07, 6.45) is -2.27. The third kappa shape index (κ3) is 8.29. The molecule has 3 unspecified atom stereocenters. The Morgan fingerprint density at radius 1 is 1.06 bits per heavy atom. The fourth-order valence-electron chi connectivity index (χ4n) is 2.78. The Labute approximate surface area is 185 Å². The van der Waals surface area contributed by atoms with Crippen LogP contribution in [0, 0.1) is 5.92 Å². The van der Waals surface area contributed by atoms with E-state index in [4.69, 9.17) is 20.3 Å². The molecule has 0 radical (unpaired) electrons. The lowest BCUT2D eigenvalue weighted by Gasteiger charge is -2.22. The van der Waals surface area contributed by atoms with Crippen molar-refractivity contribution in [1.29, 1.82) is 0 Å². The van der Waals surface area contributed by atoms with Gasteiger partial charge in [-0.1, -0.05) is 37.3 Å². The Bertz CT molecular complexity index is 826. The van der Waals surface area contributed by atoms with E-state index in [1.165, 1.54) is 5.56 Å². The average molecular weight is 452 g/mol. The van der Waals surface area contributed by atoms with Crippen LogP contribution in [-0.2, 0) is 27.2 Å². The number of carboxylic acid groups (broad SMARTS) is 1. The minimum Gasteiger partial charge on any atom is -0.484 e. The van der Waals surface area contributed by atoms with Gasteiger partial charge in [-0.25, -0.2) is 9.59 Å². The maximum Gasteiger partial charge on any atom is 0.339 e. The van der Waals surface area contributed by atoms with Crippen molar-refractivity contribution in [2.45, 2.75) is 51.0 Å². The van der Waals surface area contributed by atoms with Gasteiger partial charge >= 0.3 is 11.9 Å². The standard InChI is InChI=1S/C22H29NO7S/c1-14(20(23)30-22(28)19(25)18(24)21(26)27)9-10-16-11-12-17(31-16)29-13-5-8-15-6-3-2-4-7-15/h2-4,6-7,11-12,14,18-20,24-25H,5,8-10,13,23H2,1H3,(H,26,27)/t14-,18?,19?,20?/m1/s1. The van der Waals surface area contributed by atoms with Gasteiger partial charge in [0.05, 0.1) is 6.61 Å². The number of hydrogen-bond acceptors (Lipinski definition) is 8. The lowest BCUT2D eigenvalue weighted by Crippen LogP contribution is -2.44. The molecule has 2 aromatic rings. The van der Waals surface area contributed by atoms with Gasteiger partial charge in [0.2, 0.25) is 0 Å². The normalized spacial score (nSPS) is 15.0. The molecule has 0 aliphatic carbocycles. The Balaban J connectivity index is 1.69. The highest BCUT2D eigenvalue weighted by molar-refractivity contribution is 7.13. The number of rotatable bonds is 13. The van der Waals surface area contributed by atoms with Crippen LogP contribution in [0.2, 0.25) is 0 Å². The first-order chi connectivity index (χ1) is 14.8. The Morgan fingerprint density at radius 2 is 1.77 bits per heavy atom. The van der Waals surface area contributed by atoms with Crippen LogP contribution in [0.15, 0.2) is 42.5 Å². The fourth-order valence-corrected chi connectivity index (χ4v) is 3.67. The first kappa shape index (κ1) is 24.8. The van der Waals surface area contributed by atoms with Crippen LogP contribution in [0.1, 0.15) is 30.2 Å². The zero-order valence-corrected chi connectivity index (χ0v) is 18.2. The molecule has 1 aromatic heterocycles. The number of carbonyl (C=O) groups excluding carboxylic acids is 1. The molecular formula is C22H29NO7S. The van der Waals surface area contributed by atoms with E-state index in [0.29, 0.717) is 19.4 Å². The van der Waals surface area contributed by atoms with Gasteiger partial charge in [0, 0.05) is 10.8 Å². The Hall–Kier alpha value is -2.46. The molecule has 2 rings (SSSR count). The molecule has 0 spiro atoms. The zero-order valence-electron chi connectivity index (χ0n) is 17.3. The minimum atomic E-state index is -2.26. The minimum absolute atomic E-state index is 0.240. The van der Waals surface area contributed by atoms with Gasteiger partial charge < -0.3 is 24.8 Å². The van der Waals surface area contributed by atoms with Crippen molar-refractivity contribution < 1.29 is 34.4 Å². The summed E-state index contributed by atoms with van der Waals surface area (Å²) in [4.78, 5) is 23.4. The Kier molecular flexibility index (Phi) is 9.93. The number of aliphatic carboxylic acids is 1. The second-order valence-electron chi connectivity index (χ2n) is 7.30. The van der Waals surface area contributed by atoms with Crippen molar-refractivity contribution in [2.24, 2.45) is 11.7 Å². The first-order valence-corrected chi connectivity index (χ1v) is 10.9. The number of benzene rings is 1. The second kappa shape index (κ2) is 12.4. The highest BCUT2D eigenvalue weighted by Gasteiger charge is 2.33. The van der Waals surface area contributed by atoms with Crippen LogP contribution in [0.3, 0.4) is 0 Å². The predicted molar refractivity (Wildman–Crippen MR) is 116 cm³/mol. The lowest BCUT2D eigenvalue weighted by atomic mass is 10.0. The summed E-state index contributed by atoms with van der Waals surface area (Å²) in [6, 6.07) is 14.2. The van der Waals surface area contributed by atoms with Gasteiger partial charge in [-0.15, -0.1) is 11.3 Å². The SMILES string of the molecule is C[C@H](CCc1ccc(OCCCc2ccccc2)s1)C(N)OC(=O)C(O)C(O)C(=O)O. The van der Waals surface area contributed by atoms with E-state index in [-0.39, 0.29) is 5.92 Å². The number of ether oxygens (including phenoxy) is 2. The van der Waals surface area contributed by atoms with E-state index < -0.39 is 30.4 Å². The molecule has 4 atom stereocenters. The highest BCUT2D eigenvalue weighted by Crippen LogP contribution is 2.27.